The Morgan fingerprint density at radius 1 is 1.00 bits per heavy atom. The third kappa shape index (κ3) is 5.39. The highest BCUT2D eigenvalue weighted by atomic mass is 19.1. The lowest BCUT2D eigenvalue weighted by Gasteiger charge is -2.25. The van der Waals surface area contributed by atoms with Gasteiger partial charge in [0, 0.05) is 23.9 Å². The van der Waals surface area contributed by atoms with Crippen LogP contribution >= 0.6 is 0 Å². The lowest BCUT2D eigenvalue weighted by atomic mass is 9.80. The van der Waals surface area contributed by atoms with Crippen LogP contribution in [0.4, 0.5) is 4.39 Å². The molecule has 136 valence electrons. The molecule has 0 amide bonds. The van der Waals surface area contributed by atoms with Gasteiger partial charge in [0.25, 0.3) is 0 Å². The minimum atomic E-state index is -0.253. The Kier molecular flexibility index (Phi) is 6.77. The number of nitrogens with zero attached hydrogens (tertiary/aromatic N) is 2. The molecule has 3 heteroatoms. The van der Waals surface area contributed by atoms with Crippen LogP contribution in [0.3, 0.4) is 0 Å². The number of hydrogen-bond acceptors (Lipinski definition) is 2. The van der Waals surface area contributed by atoms with Gasteiger partial charge in [-0.2, -0.15) is 0 Å². The van der Waals surface area contributed by atoms with Crippen LogP contribution in [0, 0.1) is 29.5 Å². The van der Waals surface area contributed by atoms with Gasteiger partial charge in [-0.15, -0.1) is 0 Å². The summed E-state index contributed by atoms with van der Waals surface area (Å²) in [5.41, 5.74) is 1.66. The SMILES string of the molecule is CCCCC[C@H]1CC[C@H](C#Cc2cnc(-c3ccc(F)cc3)nc2)CC1. The number of halogens is 1. The molecule has 2 nitrogen and oxygen atoms in total. The predicted molar refractivity (Wildman–Crippen MR) is 104 cm³/mol. The fraction of sp³-hybridized carbons (Fsp3) is 0.478. The third-order valence-corrected chi connectivity index (χ3v) is 5.24. The molecular formula is C23H27FN2. The molecule has 1 aromatic heterocycles. The van der Waals surface area contributed by atoms with E-state index in [0.717, 1.165) is 17.0 Å². The van der Waals surface area contributed by atoms with Crippen molar-refractivity contribution in [2.45, 2.75) is 58.3 Å². The molecule has 1 saturated carbocycles. The molecule has 0 spiro atoms. The van der Waals surface area contributed by atoms with E-state index in [-0.39, 0.29) is 5.82 Å². The second kappa shape index (κ2) is 9.48. The van der Waals surface area contributed by atoms with Gasteiger partial charge < -0.3 is 0 Å². The third-order valence-electron chi connectivity index (χ3n) is 5.24. The minimum absolute atomic E-state index is 0.253. The number of aromatic nitrogens is 2. The Morgan fingerprint density at radius 3 is 2.35 bits per heavy atom. The predicted octanol–water partition coefficient (Wildman–Crippen LogP) is 6.02. The molecule has 1 aliphatic rings. The van der Waals surface area contributed by atoms with Crippen LogP contribution in [-0.2, 0) is 0 Å². The second-order valence-corrected chi connectivity index (χ2v) is 7.29. The molecule has 0 radical (unpaired) electrons. The molecule has 0 saturated heterocycles. The molecule has 1 aliphatic carbocycles. The summed E-state index contributed by atoms with van der Waals surface area (Å²) >= 11 is 0. The Labute approximate surface area is 156 Å². The Morgan fingerprint density at radius 2 is 1.69 bits per heavy atom. The van der Waals surface area contributed by atoms with Crippen molar-refractivity contribution in [1.82, 2.24) is 9.97 Å². The van der Waals surface area contributed by atoms with Gasteiger partial charge in [0.05, 0.1) is 5.56 Å². The van der Waals surface area contributed by atoms with Gasteiger partial charge in [0.2, 0.25) is 0 Å². The molecule has 0 aliphatic heterocycles. The first kappa shape index (κ1) is 18.6. The zero-order valence-electron chi connectivity index (χ0n) is 15.5. The molecule has 1 fully saturated rings. The smallest absolute Gasteiger partial charge is 0.159 e. The molecule has 3 rings (SSSR count). The van der Waals surface area contributed by atoms with E-state index in [9.17, 15) is 4.39 Å². The average Bonchev–Trinajstić information content (AvgIpc) is 2.69. The summed E-state index contributed by atoms with van der Waals surface area (Å²) in [6.45, 7) is 2.27. The number of benzene rings is 1. The van der Waals surface area contributed by atoms with E-state index in [4.69, 9.17) is 0 Å². The first-order valence-corrected chi connectivity index (χ1v) is 9.84. The van der Waals surface area contributed by atoms with Crippen LogP contribution in [0.5, 0.6) is 0 Å². The molecule has 26 heavy (non-hydrogen) atoms. The molecule has 0 unspecified atom stereocenters. The second-order valence-electron chi connectivity index (χ2n) is 7.29. The van der Waals surface area contributed by atoms with Crippen LogP contribution in [0.15, 0.2) is 36.7 Å². The maximum atomic E-state index is 13.0. The summed E-state index contributed by atoms with van der Waals surface area (Å²) in [5, 5.41) is 0. The summed E-state index contributed by atoms with van der Waals surface area (Å²) < 4.78 is 13.0. The standard InChI is InChI=1S/C23H27FN2/c1-2-3-4-5-18-6-8-19(9-7-18)10-11-20-16-25-23(26-17-20)21-12-14-22(24)15-13-21/h12-19H,2-9H2,1H3/t18-,19-. The highest BCUT2D eigenvalue weighted by molar-refractivity contribution is 5.54. The highest BCUT2D eigenvalue weighted by Gasteiger charge is 2.19. The van der Waals surface area contributed by atoms with Crippen molar-refractivity contribution in [2.75, 3.05) is 0 Å². The van der Waals surface area contributed by atoms with E-state index in [1.807, 2.05) is 0 Å². The van der Waals surface area contributed by atoms with E-state index in [0.29, 0.717) is 11.7 Å². The number of unbranched alkanes of at least 4 members (excludes halogenated alkanes) is 2. The van der Waals surface area contributed by atoms with Gasteiger partial charge >= 0.3 is 0 Å². The molecule has 0 N–H and O–H groups in total. The van der Waals surface area contributed by atoms with Crippen LogP contribution in [0.1, 0.15) is 63.9 Å². The van der Waals surface area contributed by atoms with Crippen molar-refractivity contribution in [3.05, 3.63) is 48.0 Å². The van der Waals surface area contributed by atoms with Gasteiger partial charge in [-0.3, -0.25) is 0 Å². The number of hydrogen-bond donors (Lipinski definition) is 0. The van der Waals surface area contributed by atoms with Crippen molar-refractivity contribution in [3.63, 3.8) is 0 Å². The average molecular weight is 350 g/mol. The van der Waals surface area contributed by atoms with Crippen LogP contribution in [0.25, 0.3) is 11.4 Å². The first-order valence-electron chi connectivity index (χ1n) is 9.84. The zero-order valence-corrected chi connectivity index (χ0v) is 15.5. The molecule has 1 aromatic carbocycles. The van der Waals surface area contributed by atoms with Gasteiger partial charge in [0.1, 0.15) is 5.82 Å². The van der Waals surface area contributed by atoms with E-state index in [1.54, 1.807) is 24.5 Å². The molecule has 0 bridgehead atoms. The summed E-state index contributed by atoms with van der Waals surface area (Å²) in [5.74, 6) is 8.42. The fourth-order valence-electron chi connectivity index (χ4n) is 3.60. The van der Waals surface area contributed by atoms with E-state index >= 15 is 0 Å². The highest BCUT2D eigenvalue weighted by Crippen LogP contribution is 2.31. The van der Waals surface area contributed by atoms with E-state index in [2.05, 4.69) is 28.7 Å². The van der Waals surface area contributed by atoms with Crippen molar-refractivity contribution in [2.24, 2.45) is 11.8 Å². The minimum Gasteiger partial charge on any atom is -0.235 e. The fourth-order valence-corrected chi connectivity index (χ4v) is 3.60. The molecule has 1 heterocycles. The largest absolute Gasteiger partial charge is 0.235 e. The normalized spacial score (nSPS) is 19.6. The Hall–Kier alpha value is -2.21. The Balaban J connectivity index is 1.52. The molecule has 0 atom stereocenters. The van der Waals surface area contributed by atoms with Crippen molar-refractivity contribution in [3.8, 4) is 23.2 Å². The molecule has 2 aromatic rings. The van der Waals surface area contributed by atoms with Gasteiger partial charge in [0.15, 0.2) is 5.82 Å². The summed E-state index contributed by atoms with van der Waals surface area (Å²) in [7, 11) is 0. The number of rotatable bonds is 5. The summed E-state index contributed by atoms with van der Waals surface area (Å²) in [6, 6.07) is 6.22. The van der Waals surface area contributed by atoms with Crippen LogP contribution in [0.2, 0.25) is 0 Å². The van der Waals surface area contributed by atoms with Gasteiger partial charge in [-0.05, 0) is 55.9 Å². The van der Waals surface area contributed by atoms with E-state index in [1.165, 1.54) is 63.5 Å². The maximum absolute atomic E-state index is 13.0. The van der Waals surface area contributed by atoms with Crippen LogP contribution in [-0.4, -0.2) is 9.97 Å². The lowest BCUT2D eigenvalue weighted by molar-refractivity contribution is 0.294. The maximum Gasteiger partial charge on any atom is 0.159 e. The van der Waals surface area contributed by atoms with Gasteiger partial charge in [-0.1, -0.05) is 44.4 Å². The topological polar surface area (TPSA) is 25.8 Å². The van der Waals surface area contributed by atoms with Crippen molar-refractivity contribution < 1.29 is 4.39 Å². The quantitative estimate of drug-likeness (QED) is 0.487. The summed E-state index contributed by atoms with van der Waals surface area (Å²) in [6.07, 6.45) is 14.1. The monoisotopic (exact) mass is 350 g/mol. The van der Waals surface area contributed by atoms with Crippen molar-refractivity contribution >= 4 is 0 Å². The van der Waals surface area contributed by atoms with Gasteiger partial charge in [-0.25, -0.2) is 14.4 Å². The lowest BCUT2D eigenvalue weighted by Crippen LogP contribution is -2.13. The zero-order chi connectivity index (χ0) is 18.2. The first-order chi connectivity index (χ1) is 12.7. The summed E-state index contributed by atoms with van der Waals surface area (Å²) in [4.78, 5) is 8.72. The molecular weight excluding hydrogens is 323 g/mol. The van der Waals surface area contributed by atoms with Crippen LogP contribution < -0.4 is 0 Å². The Bertz CT molecular complexity index is 733. The van der Waals surface area contributed by atoms with Crippen molar-refractivity contribution in [1.29, 1.82) is 0 Å². The van der Waals surface area contributed by atoms with E-state index < -0.39 is 0 Å².